The summed E-state index contributed by atoms with van der Waals surface area (Å²) in [6.45, 7) is 2.91. The normalized spacial score (nSPS) is 56.5. The van der Waals surface area contributed by atoms with Gasteiger partial charge in [0.15, 0.2) is 0 Å². The van der Waals surface area contributed by atoms with Crippen molar-refractivity contribution in [2.75, 3.05) is 13.2 Å². The van der Waals surface area contributed by atoms with Gasteiger partial charge in [-0.1, -0.05) is 0 Å². The lowest BCUT2D eigenvalue weighted by Gasteiger charge is -2.20. The average Bonchev–Trinajstić information content (AvgIpc) is 2.39. The summed E-state index contributed by atoms with van der Waals surface area (Å²) in [5, 5.41) is 9.35. The zero-order valence-corrected chi connectivity index (χ0v) is 7.25. The van der Waals surface area contributed by atoms with E-state index in [9.17, 15) is 5.11 Å². The highest BCUT2D eigenvalue weighted by atomic mass is 32.1. The maximum absolute atomic E-state index is 9.35. The molecule has 0 saturated carbocycles. The molecule has 0 aromatic rings. The molecule has 64 valence electrons. The van der Waals surface area contributed by atoms with Gasteiger partial charge >= 0.3 is 0 Å². The molecule has 2 saturated heterocycles. The van der Waals surface area contributed by atoms with Crippen LogP contribution in [0, 0.1) is 0 Å². The lowest BCUT2D eigenvalue weighted by atomic mass is 10.0. The van der Waals surface area contributed by atoms with E-state index < -0.39 is 6.10 Å². The van der Waals surface area contributed by atoms with Gasteiger partial charge in [0.05, 0.1) is 18.0 Å². The van der Waals surface area contributed by atoms with E-state index in [1.807, 2.05) is 6.92 Å². The molecule has 1 N–H and O–H groups in total. The second-order valence-electron chi connectivity index (χ2n) is 3.45. The van der Waals surface area contributed by atoms with Crippen LogP contribution in [0.2, 0.25) is 0 Å². The zero-order chi connectivity index (χ0) is 8.06. The van der Waals surface area contributed by atoms with E-state index in [2.05, 4.69) is 12.6 Å². The molecular formula is C7H12O3S. The molecule has 0 radical (unpaired) electrons. The van der Waals surface area contributed by atoms with Crippen molar-refractivity contribution in [3.05, 3.63) is 0 Å². The van der Waals surface area contributed by atoms with E-state index in [0.717, 1.165) is 0 Å². The van der Waals surface area contributed by atoms with Crippen molar-refractivity contribution < 1.29 is 14.6 Å². The van der Waals surface area contributed by atoms with Gasteiger partial charge in [0.2, 0.25) is 0 Å². The van der Waals surface area contributed by atoms with Crippen LogP contribution in [-0.2, 0) is 9.47 Å². The summed E-state index contributed by atoms with van der Waals surface area (Å²) in [5.74, 6) is 0. The summed E-state index contributed by atoms with van der Waals surface area (Å²) in [4.78, 5) is 0. The fourth-order valence-corrected chi connectivity index (χ4v) is 1.97. The fraction of sp³-hybridized carbons (Fsp3) is 1.00. The average molecular weight is 176 g/mol. The Morgan fingerprint density at radius 1 is 1.55 bits per heavy atom. The van der Waals surface area contributed by atoms with Gasteiger partial charge in [-0.05, 0) is 6.92 Å². The molecule has 0 spiro atoms. The highest BCUT2D eigenvalue weighted by Gasteiger charge is 2.52. The van der Waals surface area contributed by atoms with Gasteiger partial charge in [0, 0.05) is 0 Å². The Hall–Kier alpha value is 0.230. The van der Waals surface area contributed by atoms with Gasteiger partial charge < -0.3 is 14.6 Å². The minimum Gasteiger partial charge on any atom is -0.388 e. The zero-order valence-electron chi connectivity index (χ0n) is 6.36. The first-order valence-corrected chi connectivity index (χ1v) is 4.19. The number of aliphatic hydroxyl groups is 1. The second kappa shape index (κ2) is 2.36. The number of rotatable bonds is 0. The molecule has 4 atom stereocenters. The van der Waals surface area contributed by atoms with Crippen LogP contribution in [-0.4, -0.2) is 41.4 Å². The molecule has 0 aliphatic carbocycles. The van der Waals surface area contributed by atoms with Crippen molar-refractivity contribution >= 4 is 12.6 Å². The van der Waals surface area contributed by atoms with Crippen LogP contribution in [0.25, 0.3) is 0 Å². The summed E-state index contributed by atoms with van der Waals surface area (Å²) in [6.07, 6.45) is -0.660. The van der Waals surface area contributed by atoms with Crippen LogP contribution in [0.5, 0.6) is 0 Å². The van der Waals surface area contributed by atoms with Crippen LogP contribution in [0.4, 0.5) is 0 Å². The number of fused-ring (bicyclic) bond motifs is 1. The molecule has 3 nitrogen and oxygen atoms in total. The number of thiol groups is 1. The maximum atomic E-state index is 9.35. The lowest BCUT2D eigenvalue weighted by Crippen LogP contribution is -2.36. The third kappa shape index (κ3) is 1.09. The summed E-state index contributed by atoms with van der Waals surface area (Å²) >= 11 is 4.40. The van der Waals surface area contributed by atoms with Crippen molar-refractivity contribution in [1.82, 2.24) is 0 Å². The van der Waals surface area contributed by atoms with E-state index in [1.165, 1.54) is 0 Å². The van der Waals surface area contributed by atoms with Crippen LogP contribution < -0.4 is 0 Å². The molecule has 2 rings (SSSR count). The topological polar surface area (TPSA) is 38.7 Å². The molecule has 2 aliphatic heterocycles. The van der Waals surface area contributed by atoms with Gasteiger partial charge in [0.1, 0.15) is 18.3 Å². The smallest absolute Gasteiger partial charge is 0.113 e. The molecule has 0 aromatic carbocycles. The third-order valence-corrected chi connectivity index (χ3v) is 2.69. The van der Waals surface area contributed by atoms with E-state index in [0.29, 0.717) is 13.2 Å². The lowest BCUT2D eigenvalue weighted by molar-refractivity contribution is 0.0180. The number of hydrogen-bond donors (Lipinski definition) is 2. The van der Waals surface area contributed by atoms with Crippen LogP contribution >= 0.6 is 12.6 Å². The fourth-order valence-electron chi connectivity index (χ4n) is 1.67. The summed E-state index contributed by atoms with van der Waals surface area (Å²) in [6, 6.07) is 0. The van der Waals surface area contributed by atoms with Crippen molar-refractivity contribution in [2.45, 2.75) is 30.0 Å². The van der Waals surface area contributed by atoms with Crippen molar-refractivity contribution in [1.29, 1.82) is 0 Å². The van der Waals surface area contributed by atoms with Gasteiger partial charge in [0.25, 0.3) is 0 Å². The second-order valence-corrected chi connectivity index (χ2v) is 4.48. The molecular weight excluding hydrogens is 164 g/mol. The van der Waals surface area contributed by atoms with E-state index in [4.69, 9.17) is 9.47 Å². The first-order valence-electron chi connectivity index (χ1n) is 3.75. The largest absolute Gasteiger partial charge is 0.388 e. The molecule has 2 fully saturated rings. The molecule has 0 unspecified atom stereocenters. The molecule has 0 aromatic heterocycles. The number of ether oxygens (including phenoxy) is 2. The predicted molar refractivity (Wildman–Crippen MR) is 42.9 cm³/mol. The van der Waals surface area contributed by atoms with Gasteiger partial charge in [-0.3, -0.25) is 0 Å². The Kier molecular flexibility index (Phi) is 1.68. The summed E-state index contributed by atoms with van der Waals surface area (Å²) in [5.41, 5.74) is 0. The first-order chi connectivity index (χ1) is 5.11. The standard InChI is InChI=1S/C7H12O3S/c1-7(11)3-10-5-4(8)2-9-6(5)7/h4-6,8,11H,2-3H2,1H3/t4-,5-,6+,7+/m1/s1. The Labute approximate surface area is 71.1 Å². The molecule has 2 heterocycles. The number of aliphatic hydroxyl groups excluding tert-OH is 1. The SMILES string of the molecule is C[C@]1(S)CO[C@@H]2[C@H](O)CO[C@@H]21. The first kappa shape index (κ1) is 7.86. The van der Waals surface area contributed by atoms with Crippen LogP contribution in [0.3, 0.4) is 0 Å². The summed E-state index contributed by atoms with van der Waals surface area (Å²) in [7, 11) is 0. The monoisotopic (exact) mass is 176 g/mol. The Morgan fingerprint density at radius 3 is 2.91 bits per heavy atom. The number of hydrogen-bond acceptors (Lipinski definition) is 4. The van der Waals surface area contributed by atoms with Gasteiger partial charge in [-0.2, -0.15) is 12.6 Å². The Bertz CT molecular complexity index is 171. The molecule has 0 bridgehead atoms. The summed E-state index contributed by atoms with van der Waals surface area (Å²) < 4.78 is 10.5. The van der Waals surface area contributed by atoms with Crippen molar-refractivity contribution in [3.63, 3.8) is 0 Å². The molecule has 4 heteroatoms. The highest BCUT2D eigenvalue weighted by Crippen LogP contribution is 2.37. The van der Waals surface area contributed by atoms with E-state index in [1.54, 1.807) is 0 Å². The minimum atomic E-state index is -0.464. The van der Waals surface area contributed by atoms with E-state index in [-0.39, 0.29) is 17.0 Å². The maximum Gasteiger partial charge on any atom is 0.113 e. The molecule has 0 amide bonds. The molecule has 2 aliphatic rings. The van der Waals surface area contributed by atoms with Crippen LogP contribution in [0.15, 0.2) is 0 Å². The van der Waals surface area contributed by atoms with E-state index >= 15 is 0 Å². The molecule has 11 heavy (non-hydrogen) atoms. The third-order valence-electron chi connectivity index (χ3n) is 2.31. The minimum absolute atomic E-state index is 0.0409. The van der Waals surface area contributed by atoms with Crippen LogP contribution in [0.1, 0.15) is 6.92 Å². The predicted octanol–water partition coefficient (Wildman–Crippen LogP) is -0.167. The van der Waals surface area contributed by atoms with Gasteiger partial charge in [-0.15, -0.1) is 0 Å². The Balaban J connectivity index is 2.17. The Morgan fingerprint density at radius 2 is 2.27 bits per heavy atom. The van der Waals surface area contributed by atoms with Gasteiger partial charge in [-0.25, -0.2) is 0 Å². The van der Waals surface area contributed by atoms with Crippen molar-refractivity contribution in [3.8, 4) is 0 Å². The highest BCUT2D eigenvalue weighted by molar-refractivity contribution is 7.81. The van der Waals surface area contributed by atoms with Crippen molar-refractivity contribution in [2.24, 2.45) is 0 Å². The quantitative estimate of drug-likeness (QED) is 0.503.